The molecule has 0 saturated carbocycles. The van der Waals surface area contributed by atoms with Crippen molar-refractivity contribution in [2.45, 2.75) is 19.0 Å². The third kappa shape index (κ3) is 2.40. The van der Waals surface area contributed by atoms with Crippen molar-refractivity contribution in [3.8, 4) is 11.9 Å². The zero-order valence-corrected chi connectivity index (χ0v) is 11.9. The highest BCUT2D eigenvalue weighted by molar-refractivity contribution is 5.55. The average Bonchev–Trinajstić information content (AvgIpc) is 2.90. The maximum Gasteiger partial charge on any atom is 0.433 e. The Morgan fingerprint density at radius 1 is 1.30 bits per heavy atom. The molecular weight excluding hydrogens is 309 g/mol. The van der Waals surface area contributed by atoms with Crippen LogP contribution in [0.3, 0.4) is 0 Å². The number of allylic oxidation sites excluding steroid dienone is 1. The molecule has 0 spiro atoms. The molecule has 1 aromatic heterocycles. The van der Waals surface area contributed by atoms with Crippen LogP contribution in [0.15, 0.2) is 35.7 Å². The number of aryl methyl sites for hydroxylation is 1. The van der Waals surface area contributed by atoms with Gasteiger partial charge in [0.15, 0.2) is 0 Å². The molecule has 2 aromatic rings. The van der Waals surface area contributed by atoms with Crippen LogP contribution in [0.5, 0.6) is 5.88 Å². The van der Waals surface area contributed by atoms with Crippen molar-refractivity contribution >= 4 is 0 Å². The highest BCUT2D eigenvalue weighted by Gasteiger charge is 2.44. The lowest BCUT2D eigenvalue weighted by Gasteiger charge is -2.24. The van der Waals surface area contributed by atoms with Gasteiger partial charge in [-0.1, -0.05) is 29.8 Å². The van der Waals surface area contributed by atoms with Gasteiger partial charge in [-0.25, -0.2) is 0 Å². The Balaban J connectivity index is 2.26. The van der Waals surface area contributed by atoms with Crippen LogP contribution in [-0.2, 0) is 6.18 Å². The first-order chi connectivity index (χ1) is 10.8. The molecule has 5 nitrogen and oxygen atoms in total. The van der Waals surface area contributed by atoms with Crippen LogP contribution in [-0.4, -0.2) is 10.2 Å². The lowest BCUT2D eigenvalue weighted by Crippen LogP contribution is -2.22. The SMILES string of the molecule is Cc1ccc([C@H]2C(C#N)=C(N)Oc3n[nH]c(C(F)(F)F)c32)cc1. The third-order valence-corrected chi connectivity index (χ3v) is 3.63. The number of fused-ring (bicyclic) bond motifs is 1. The monoisotopic (exact) mass is 320 g/mol. The molecule has 0 amide bonds. The van der Waals surface area contributed by atoms with Crippen LogP contribution in [0, 0.1) is 18.3 Å². The Bertz CT molecular complexity index is 828. The molecule has 1 aliphatic rings. The molecule has 2 heterocycles. The van der Waals surface area contributed by atoms with Gasteiger partial charge in [0.25, 0.3) is 0 Å². The number of alkyl halides is 3. The van der Waals surface area contributed by atoms with E-state index in [2.05, 4.69) is 5.10 Å². The van der Waals surface area contributed by atoms with E-state index in [4.69, 9.17) is 10.5 Å². The fourth-order valence-corrected chi connectivity index (χ4v) is 2.55. The molecule has 1 aromatic carbocycles. The van der Waals surface area contributed by atoms with Crippen molar-refractivity contribution in [3.63, 3.8) is 0 Å². The zero-order chi connectivity index (χ0) is 16.8. The van der Waals surface area contributed by atoms with E-state index in [0.29, 0.717) is 5.56 Å². The van der Waals surface area contributed by atoms with Gasteiger partial charge in [-0.2, -0.15) is 18.4 Å². The first kappa shape index (κ1) is 15.0. The lowest BCUT2D eigenvalue weighted by atomic mass is 9.83. The van der Waals surface area contributed by atoms with Crippen LogP contribution < -0.4 is 10.5 Å². The van der Waals surface area contributed by atoms with E-state index in [1.165, 1.54) is 0 Å². The summed E-state index contributed by atoms with van der Waals surface area (Å²) in [5, 5.41) is 14.8. The fraction of sp³-hybridized carbons (Fsp3) is 0.200. The van der Waals surface area contributed by atoms with Crippen LogP contribution in [0.1, 0.15) is 28.3 Å². The number of halogens is 3. The molecule has 3 N–H and O–H groups in total. The summed E-state index contributed by atoms with van der Waals surface area (Å²) in [6, 6.07) is 8.67. The van der Waals surface area contributed by atoms with Gasteiger partial charge in [-0.3, -0.25) is 5.10 Å². The number of ether oxygens (including phenoxy) is 1. The Kier molecular flexibility index (Phi) is 3.29. The van der Waals surface area contributed by atoms with Gasteiger partial charge in [-0.05, 0) is 12.5 Å². The van der Waals surface area contributed by atoms with Crippen molar-refractivity contribution in [2.24, 2.45) is 5.73 Å². The van der Waals surface area contributed by atoms with Crippen LogP contribution >= 0.6 is 0 Å². The molecule has 0 bridgehead atoms. The smallest absolute Gasteiger partial charge is 0.420 e. The number of nitrogens with one attached hydrogen (secondary N) is 1. The lowest BCUT2D eigenvalue weighted by molar-refractivity contribution is -0.141. The van der Waals surface area contributed by atoms with E-state index in [-0.39, 0.29) is 22.9 Å². The molecule has 1 aliphatic heterocycles. The summed E-state index contributed by atoms with van der Waals surface area (Å²) in [5.74, 6) is -1.50. The van der Waals surface area contributed by atoms with Crippen molar-refractivity contribution in [1.29, 1.82) is 5.26 Å². The van der Waals surface area contributed by atoms with Gasteiger partial charge in [0, 0.05) is 0 Å². The molecule has 0 saturated heterocycles. The summed E-state index contributed by atoms with van der Waals surface area (Å²) in [5.41, 5.74) is 5.78. The Hall–Kier alpha value is -2.95. The van der Waals surface area contributed by atoms with Crippen molar-refractivity contribution in [2.75, 3.05) is 0 Å². The molecule has 118 valence electrons. The molecule has 8 heteroatoms. The molecule has 23 heavy (non-hydrogen) atoms. The number of rotatable bonds is 1. The van der Waals surface area contributed by atoms with Crippen molar-refractivity contribution in [1.82, 2.24) is 10.2 Å². The average molecular weight is 320 g/mol. The van der Waals surface area contributed by atoms with E-state index in [9.17, 15) is 18.4 Å². The van der Waals surface area contributed by atoms with Gasteiger partial charge >= 0.3 is 6.18 Å². The molecule has 1 atom stereocenters. The Morgan fingerprint density at radius 3 is 2.52 bits per heavy atom. The number of nitrogens with zero attached hydrogens (tertiary/aromatic N) is 2. The van der Waals surface area contributed by atoms with E-state index in [1.54, 1.807) is 24.3 Å². The zero-order valence-electron chi connectivity index (χ0n) is 11.9. The minimum absolute atomic E-state index is 0.0757. The molecule has 0 aliphatic carbocycles. The van der Waals surface area contributed by atoms with Gasteiger partial charge in [-0.15, -0.1) is 5.10 Å². The van der Waals surface area contributed by atoms with E-state index in [1.807, 2.05) is 18.1 Å². The number of nitriles is 1. The van der Waals surface area contributed by atoms with E-state index in [0.717, 1.165) is 5.56 Å². The molecule has 0 radical (unpaired) electrons. The summed E-state index contributed by atoms with van der Waals surface area (Å²) in [6.07, 6.45) is -4.65. The summed E-state index contributed by atoms with van der Waals surface area (Å²) >= 11 is 0. The fourth-order valence-electron chi connectivity index (χ4n) is 2.55. The number of hydrogen-bond acceptors (Lipinski definition) is 4. The Labute approximate surface area is 129 Å². The second-order valence-electron chi connectivity index (χ2n) is 5.15. The molecule has 3 rings (SSSR count). The molecular formula is C15H11F3N4O. The number of aromatic amines is 1. The van der Waals surface area contributed by atoms with Crippen molar-refractivity contribution in [3.05, 3.63) is 58.1 Å². The quantitative estimate of drug-likeness (QED) is 0.845. The van der Waals surface area contributed by atoms with Gasteiger partial charge in [0.2, 0.25) is 11.8 Å². The Morgan fingerprint density at radius 2 is 1.96 bits per heavy atom. The second-order valence-corrected chi connectivity index (χ2v) is 5.15. The van der Waals surface area contributed by atoms with E-state index < -0.39 is 17.8 Å². The highest BCUT2D eigenvalue weighted by Crippen LogP contribution is 2.46. The third-order valence-electron chi connectivity index (χ3n) is 3.63. The number of H-pyrrole nitrogens is 1. The van der Waals surface area contributed by atoms with Gasteiger partial charge in [0.05, 0.1) is 11.5 Å². The normalized spacial score (nSPS) is 17.4. The number of benzene rings is 1. The number of hydrogen-bond donors (Lipinski definition) is 2. The first-order valence-electron chi connectivity index (χ1n) is 6.62. The summed E-state index contributed by atoms with van der Waals surface area (Å²) in [4.78, 5) is 0. The topological polar surface area (TPSA) is 87.7 Å². The molecule has 0 unspecified atom stereocenters. The highest BCUT2D eigenvalue weighted by atomic mass is 19.4. The summed E-state index contributed by atoms with van der Waals surface area (Å²) < 4.78 is 44.8. The largest absolute Gasteiger partial charge is 0.433 e. The second kappa shape index (κ2) is 5.05. The van der Waals surface area contributed by atoms with Gasteiger partial charge in [0.1, 0.15) is 17.3 Å². The van der Waals surface area contributed by atoms with Crippen molar-refractivity contribution < 1.29 is 17.9 Å². The maximum absolute atomic E-state index is 13.2. The minimum atomic E-state index is -4.65. The summed E-state index contributed by atoms with van der Waals surface area (Å²) in [7, 11) is 0. The maximum atomic E-state index is 13.2. The van der Waals surface area contributed by atoms with Gasteiger partial charge < -0.3 is 10.5 Å². The number of nitrogens with two attached hydrogens (primary N) is 1. The minimum Gasteiger partial charge on any atom is -0.420 e. The predicted octanol–water partition coefficient (Wildman–Crippen LogP) is 2.96. The molecule has 0 fully saturated rings. The first-order valence-corrected chi connectivity index (χ1v) is 6.62. The predicted molar refractivity (Wildman–Crippen MR) is 74.1 cm³/mol. The van der Waals surface area contributed by atoms with E-state index >= 15 is 0 Å². The van der Waals surface area contributed by atoms with Crippen LogP contribution in [0.25, 0.3) is 0 Å². The number of aromatic nitrogens is 2. The standard InChI is InChI=1S/C15H11F3N4O/c1-7-2-4-8(5-3-7)10-9(6-19)13(20)23-14-11(10)12(21-22-14)15(16,17)18/h2-5,10H,20H2,1H3,(H,21,22)/t10-/m0/s1. The van der Waals surface area contributed by atoms with Crippen LogP contribution in [0.4, 0.5) is 13.2 Å². The summed E-state index contributed by atoms with van der Waals surface area (Å²) in [6.45, 7) is 1.85. The van der Waals surface area contributed by atoms with Crippen LogP contribution in [0.2, 0.25) is 0 Å².